The van der Waals surface area contributed by atoms with Gasteiger partial charge in [0.05, 0.1) is 5.52 Å². The van der Waals surface area contributed by atoms with Crippen LogP contribution in [0.2, 0.25) is 0 Å². The van der Waals surface area contributed by atoms with Gasteiger partial charge >= 0.3 is 0 Å². The molecule has 2 heterocycles. The summed E-state index contributed by atoms with van der Waals surface area (Å²) in [7, 11) is 0. The van der Waals surface area contributed by atoms with E-state index in [0.717, 1.165) is 60.3 Å². The van der Waals surface area contributed by atoms with E-state index in [4.69, 9.17) is 10.7 Å². The highest BCUT2D eigenvalue weighted by molar-refractivity contribution is 5.88. The van der Waals surface area contributed by atoms with Crippen molar-refractivity contribution in [3.8, 4) is 11.1 Å². The molecule has 0 saturated heterocycles. The van der Waals surface area contributed by atoms with Gasteiger partial charge in [0, 0.05) is 40.6 Å². The number of pyridine rings is 1. The highest BCUT2D eigenvalue weighted by atomic mass is 15.1. The molecule has 0 unspecified atom stereocenters. The molecule has 0 radical (unpaired) electrons. The summed E-state index contributed by atoms with van der Waals surface area (Å²) in [5, 5.41) is 4.59. The van der Waals surface area contributed by atoms with Crippen LogP contribution in [0.5, 0.6) is 0 Å². The van der Waals surface area contributed by atoms with Crippen molar-refractivity contribution in [3.63, 3.8) is 0 Å². The molecule has 0 bridgehead atoms. The Balaban J connectivity index is 1.68. The highest BCUT2D eigenvalue weighted by Crippen LogP contribution is 2.29. The third-order valence-electron chi connectivity index (χ3n) is 5.78. The summed E-state index contributed by atoms with van der Waals surface area (Å²) < 4.78 is 0. The van der Waals surface area contributed by atoms with E-state index < -0.39 is 0 Å². The maximum Gasteiger partial charge on any atom is 0.223 e. The molecule has 0 spiro atoms. The summed E-state index contributed by atoms with van der Waals surface area (Å²) in [4.78, 5) is 14.1. The predicted molar refractivity (Wildman–Crippen MR) is 115 cm³/mol. The van der Waals surface area contributed by atoms with Gasteiger partial charge in [0.2, 0.25) is 5.95 Å². The fraction of sp³-hybridized carbons (Fsp3) is 0.435. The Bertz CT molecular complexity index is 990. The number of nitrogens with zero attached hydrogens (tertiary/aromatic N) is 3. The monoisotopic (exact) mass is 375 g/mol. The molecule has 4 rings (SSSR count). The Hall–Kier alpha value is -2.53. The Labute approximate surface area is 166 Å². The SMILES string of the molecule is CCc1cc(-c2ccc(C)nc2C)cc2cnc(N[C@H]3CC[C@H](N)CC3)nc12. The van der Waals surface area contributed by atoms with Crippen molar-refractivity contribution in [2.75, 3.05) is 5.32 Å². The van der Waals surface area contributed by atoms with Crippen molar-refractivity contribution in [3.05, 3.63) is 47.4 Å². The van der Waals surface area contributed by atoms with Crippen LogP contribution in [0.1, 0.15) is 49.6 Å². The second kappa shape index (κ2) is 7.84. The Morgan fingerprint density at radius 2 is 1.86 bits per heavy atom. The van der Waals surface area contributed by atoms with Gasteiger partial charge in [-0.2, -0.15) is 0 Å². The minimum atomic E-state index is 0.348. The number of aryl methyl sites for hydroxylation is 3. The molecule has 1 aromatic carbocycles. The molecular formula is C23H29N5. The van der Waals surface area contributed by atoms with Crippen LogP contribution < -0.4 is 11.1 Å². The molecule has 1 aliphatic rings. The van der Waals surface area contributed by atoms with Crippen molar-refractivity contribution < 1.29 is 0 Å². The molecule has 1 aliphatic carbocycles. The molecule has 5 heteroatoms. The summed E-state index contributed by atoms with van der Waals surface area (Å²) in [5.41, 5.74) is 12.7. The van der Waals surface area contributed by atoms with Gasteiger partial charge in [-0.15, -0.1) is 0 Å². The molecule has 1 fully saturated rings. The van der Waals surface area contributed by atoms with E-state index in [1.807, 2.05) is 13.1 Å². The lowest BCUT2D eigenvalue weighted by Crippen LogP contribution is -2.33. The number of benzene rings is 1. The van der Waals surface area contributed by atoms with Crippen LogP contribution in [0.25, 0.3) is 22.0 Å². The first kappa shape index (κ1) is 18.8. The smallest absolute Gasteiger partial charge is 0.223 e. The molecule has 0 atom stereocenters. The Kier molecular flexibility index (Phi) is 5.27. The van der Waals surface area contributed by atoms with Crippen LogP contribution in [-0.2, 0) is 6.42 Å². The fourth-order valence-electron chi connectivity index (χ4n) is 4.15. The van der Waals surface area contributed by atoms with Gasteiger partial charge < -0.3 is 11.1 Å². The van der Waals surface area contributed by atoms with Crippen molar-refractivity contribution in [1.82, 2.24) is 15.0 Å². The zero-order chi connectivity index (χ0) is 19.7. The molecule has 3 aromatic rings. The van der Waals surface area contributed by atoms with Crippen molar-refractivity contribution in [2.24, 2.45) is 5.73 Å². The third-order valence-corrected chi connectivity index (χ3v) is 5.78. The molecule has 28 heavy (non-hydrogen) atoms. The predicted octanol–water partition coefficient (Wildman–Crippen LogP) is 4.55. The summed E-state index contributed by atoms with van der Waals surface area (Å²) in [5.74, 6) is 0.726. The molecule has 1 saturated carbocycles. The number of hydrogen-bond acceptors (Lipinski definition) is 5. The zero-order valence-electron chi connectivity index (χ0n) is 17.0. The summed E-state index contributed by atoms with van der Waals surface area (Å²) in [6, 6.07) is 9.42. The van der Waals surface area contributed by atoms with E-state index in [-0.39, 0.29) is 0 Å². The maximum atomic E-state index is 6.02. The van der Waals surface area contributed by atoms with Crippen LogP contribution in [0.3, 0.4) is 0 Å². The summed E-state index contributed by atoms with van der Waals surface area (Å²) in [6.07, 6.45) is 7.18. The minimum absolute atomic E-state index is 0.348. The van der Waals surface area contributed by atoms with Gasteiger partial charge in [-0.1, -0.05) is 13.0 Å². The lowest BCUT2D eigenvalue weighted by Gasteiger charge is -2.26. The molecule has 3 N–H and O–H groups in total. The number of hydrogen-bond donors (Lipinski definition) is 2. The summed E-state index contributed by atoms with van der Waals surface area (Å²) in [6.45, 7) is 6.27. The van der Waals surface area contributed by atoms with Crippen molar-refractivity contribution in [2.45, 2.75) is 65.0 Å². The second-order valence-corrected chi connectivity index (χ2v) is 7.96. The topological polar surface area (TPSA) is 76.7 Å². The fourth-order valence-corrected chi connectivity index (χ4v) is 4.15. The van der Waals surface area contributed by atoms with Gasteiger partial charge in [-0.25, -0.2) is 9.97 Å². The zero-order valence-corrected chi connectivity index (χ0v) is 17.0. The first-order chi connectivity index (χ1) is 13.5. The average Bonchev–Trinajstić information content (AvgIpc) is 2.69. The van der Waals surface area contributed by atoms with Crippen LogP contribution in [0, 0.1) is 13.8 Å². The van der Waals surface area contributed by atoms with Crippen LogP contribution >= 0.6 is 0 Å². The lowest BCUT2D eigenvalue weighted by atomic mass is 9.92. The number of nitrogens with two attached hydrogens (primary N) is 1. The standard InChI is InChI=1S/C23H29N5/c1-4-16-11-17(21-10-5-14(2)26-15(21)3)12-18-13-25-23(28-22(16)18)27-20-8-6-19(24)7-9-20/h5,10-13,19-20H,4,6-9,24H2,1-3H3,(H,25,27,28)/t19-,20-. The lowest BCUT2D eigenvalue weighted by molar-refractivity contribution is 0.410. The highest BCUT2D eigenvalue weighted by Gasteiger charge is 2.19. The number of anilines is 1. The van der Waals surface area contributed by atoms with Crippen molar-refractivity contribution >= 4 is 16.9 Å². The van der Waals surface area contributed by atoms with Gasteiger partial charge in [-0.05, 0) is 75.3 Å². The molecule has 0 aliphatic heterocycles. The van der Waals surface area contributed by atoms with E-state index >= 15 is 0 Å². The molecule has 5 nitrogen and oxygen atoms in total. The van der Waals surface area contributed by atoms with E-state index in [1.165, 1.54) is 16.7 Å². The number of fused-ring (bicyclic) bond motifs is 1. The summed E-state index contributed by atoms with van der Waals surface area (Å²) >= 11 is 0. The number of aromatic nitrogens is 3. The van der Waals surface area contributed by atoms with Gasteiger partial charge in [0.1, 0.15) is 0 Å². The van der Waals surface area contributed by atoms with E-state index in [0.29, 0.717) is 12.1 Å². The van der Waals surface area contributed by atoms with Gasteiger partial charge in [-0.3, -0.25) is 4.98 Å². The Morgan fingerprint density at radius 3 is 2.57 bits per heavy atom. The van der Waals surface area contributed by atoms with Crippen LogP contribution in [0.15, 0.2) is 30.5 Å². The van der Waals surface area contributed by atoms with E-state index in [9.17, 15) is 0 Å². The third kappa shape index (κ3) is 3.85. The molecular weight excluding hydrogens is 346 g/mol. The largest absolute Gasteiger partial charge is 0.351 e. The second-order valence-electron chi connectivity index (χ2n) is 7.96. The first-order valence-corrected chi connectivity index (χ1v) is 10.3. The number of nitrogens with one attached hydrogen (secondary N) is 1. The number of rotatable bonds is 4. The van der Waals surface area contributed by atoms with Crippen molar-refractivity contribution in [1.29, 1.82) is 0 Å². The van der Waals surface area contributed by atoms with E-state index in [1.54, 1.807) is 0 Å². The normalized spacial score (nSPS) is 19.7. The van der Waals surface area contributed by atoms with Crippen LogP contribution in [-0.4, -0.2) is 27.0 Å². The van der Waals surface area contributed by atoms with Gasteiger partial charge in [0.15, 0.2) is 0 Å². The average molecular weight is 376 g/mol. The minimum Gasteiger partial charge on any atom is -0.351 e. The van der Waals surface area contributed by atoms with Crippen LogP contribution in [0.4, 0.5) is 5.95 Å². The molecule has 2 aromatic heterocycles. The molecule has 146 valence electrons. The maximum absolute atomic E-state index is 6.02. The van der Waals surface area contributed by atoms with E-state index in [2.05, 4.69) is 53.4 Å². The molecule has 0 amide bonds. The quantitative estimate of drug-likeness (QED) is 0.699. The van der Waals surface area contributed by atoms with Gasteiger partial charge in [0.25, 0.3) is 0 Å². The first-order valence-electron chi connectivity index (χ1n) is 10.3. The Morgan fingerprint density at radius 1 is 1.07 bits per heavy atom.